The maximum absolute atomic E-state index is 10.3. The van der Waals surface area contributed by atoms with Crippen molar-refractivity contribution < 1.29 is 9.52 Å². The van der Waals surface area contributed by atoms with E-state index in [4.69, 9.17) is 4.42 Å². The molecule has 11 heavy (non-hydrogen) atoms. The fourth-order valence-corrected chi connectivity index (χ4v) is 0.982. The van der Waals surface area contributed by atoms with E-state index < -0.39 is 6.61 Å². The number of para-hydroxylation sites is 2. The predicted octanol–water partition coefficient (Wildman–Crippen LogP) is 1.76. The summed E-state index contributed by atoms with van der Waals surface area (Å²) in [6.07, 6.45) is 0. The molecule has 0 saturated heterocycles. The van der Waals surface area contributed by atoms with Gasteiger partial charge in [-0.3, -0.25) is 0 Å². The van der Waals surface area contributed by atoms with Crippen LogP contribution in [0.25, 0.3) is 11.1 Å². The van der Waals surface area contributed by atoms with E-state index in [1.54, 1.807) is 6.07 Å². The van der Waals surface area contributed by atoms with E-state index in [1.807, 2.05) is 18.2 Å². The van der Waals surface area contributed by atoms with Crippen molar-refractivity contribution in [2.45, 2.75) is 6.61 Å². The Kier molecular flexibility index (Phi) is 1.36. The second kappa shape index (κ2) is 2.36. The van der Waals surface area contributed by atoms with Crippen LogP contribution in [0.4, 0.5) is 0 Å². The van der Waals surface area contributed by atoms with Crippen LogP contribution < -0.4 is 0 Å². The quantitative estimate of drug-likeness (QED) is 0.618. The molecule has 0 saturated carbocycles. The summed E-state index contributed by atoms with van der Waals surface area (Å²) in [4.78, 5) is 3.95. The Morgan fingerprint density at radius 1 is 1.36 bits per heavy atom. The van der Waals surface area contributed by atoms with Crippen LogP contribution >= 0.6 is 0 Å². The highest BCUT2D eigenvalue weighted by atomic mass is 16.4. The summed E-state index contributed by atoms with van der Waals surface area (Å²) in [6, 6.07) is 7.32. The van der Waals surface area contributed by atoms with E-state index >= 15 is 0 Å². The van der Waals surface area contributed by atoms with Gasteiger partial charge < -0.3 is 4.42 Å². The predicted molar refractivity (Wildman–Crippen MR) is 38.4 cm³/mol. The fraction of sp³-hybridized carbons (Fsp3) is 0.125. The molecule has 0 N–H and O–H groups in total. The summed E-state index contributed by atoms with van der Waals surface area (Å²) < 4.78 is 5.09. The number of nitrogens with zero attached hydrogens (tertiary/aromatic N) is 1. The van der Waals surface area contributed by atoms with E-state index in [2.05, 4.69) is 4.98 Å². The molecule has 0 amide bonds. The third-order valence-corrected chi connectivity index (χ3v) is 1.46. The summed E-state index contributed by atoms with van der Waals surface area (Å²) in [5, 5.41) is 10.3. The molecule has 55 valence electrons. The van der Waals surface area contributed by atoms with Crippen molar-refractivity contribution in [3.63, 3.8) is 0 Å². The first-order chi connectivity index (χ1) is 5.40. The Bertz CT molecular complexity index is 334. The maximum atomic E-state index is 10.3. The molecule has 2 rings (SSSR count). The van der Waals surface area contributed by atoms with E-state index in [9.17, 15) is 5.11 Å². The fourth-order valence-electron chi connectivity index (χ4n) is 0.982. The van der Waals surface area contributed by atoms with Gasteiger partial charge >= 0.3 is 0 Å². The normalized spacial score (nSPS) is 10.6. The van der Waals surface area contributed by atoms with Gasteiger partial charge in [-0.25, -0.2) is 10.1 Å². The number of hydrogen-bond acceptors (Lipinski definition) is 2. The first kappa shape index (κ1) is 6.37. The summed E-state index contributed by atoms with van der Waals surface area (Å²) in [6.45, 7) is -0.394. The van der Waals surface area contributed by atoms with Crippen molar-refractivity contribution in [3.05, 3.63) is 30.2 Å². The molecule has 1 aromatic heterocycles. The van der Waals surface area contributed by atoms with Crippen molar-refractivity contribution in [1.29, 1.82) is 0 Å². The van der Waals surface area contributed by atoms with E-state index in [-0.39, 0.29) is 5.89 Å². The van der Waals surface area contributed by atoms with Crippen molar-refractivity contribution in [3.8, 4) is 0 Å². The molecule has 1 heterocycles. The standard InChI is InChI=1S/C8H6NO2/c10-5-8-9-6-3-1-2-4-7(6)11-8/h1-4H,5H2. The minimum atomic E-state index is -0.394. The number of fused-ring (bicyclic) bond motifs is 1. The molecule has 3 nitrogen and oxygen atoms in total. The molecule has 0 aliphatic heterocycles. The first-order valence-corrected chi connectivity index (χ1v) is 3.33. The molecular weight excluding hydrogens is 142 g/mol. The molecule has 2 aromatic rings. The Morgan fingerprint density at radius 3 is 2.91 bits per heavy atom. The van der Waals surface area contributed by atoms with Crippen LogP contribution in [0.1, 0.15) is 5.89 Å². The highest BCUT2D eigenvalue weighted by Crippen LogP contribution is 2.13. The monoisotopic (exact) mass is 148 g/mol. The third kappa shape index (κ3) is 0.991. The lowest BCUT2D eigenvalue weighted by molar-refractivity contribution is 0.152. The van der Waals surface area contributed by atoms with Gasteiger partial charge in [-0.05, 0) is 12.1 Å². The smallest absolute Gasteiger partial charge is 0.224 e. The Labute approximate surface area is 63.3 Å². The molecule has 0 spiro atoms. The largest absolute Gasteiger partial charge is 0.438 e. The zero-order valence-electron chi connectivity index (χ0n) is 5.78. The Hall–Kier alpha value is -1.35. The summed E-state index contributed by atoms with van der Waals surface area (Å²) in [5.41, 5.74) is 1.43. The summed E-state index contributed by atoms with van der Waals surface area (Å²) in [5.74, 6) is 0.256. The van der Waals surface area contributed by atoms with Crippen LogP contribution in [-0.2, 0) is 11.7 Å². The maximum Gasteiger partial charge on any atom is 0.224 e. The molecule has 3 heteroatoms. The summed E-state index contributed by atoms with van der Waals surface area (Å²) in [7, 11) is 0. The first-order valence-electron chi connectivity index (χ1n) is 3.33. The molecule has 0 aliphatic carbocycles. The van der Waals surface area contributed by atoms with E-state index in [1.165, 1.54) is 0 Å². The van der Waals surface area contributed by atoms with Gasteiger partial charge in [0.25, 0.3) is 0 Å². The van der Waals surface area contributed by atoms with Gasteiger partial charge in [0.15, 0.2) is 12.2 Å². The number of rotatable bonds is 1. The SMILES string of the molecule is [O]Cc1nc2ccccc2o1. The van der Waals surface area contributed by atoms with Gasteiger partial charge in [0.1, 0.15) is 5.52 Å². The lowest BCUT2D eigenvalue weighted by Crippen LogP contribution is -1.76. The molecule has 0 aliphatic rings. The lowest BCUT2D eigenvalue weighted by atomic mass is 10.3. The minimum Gasteiger partial charge on any atom is -0.438 e. The average molecular weight is 148 g/mol. The van der Waals surface area contributed by atoms with Crippen molar-refractivity contribution in [2.24, 2.45) is 0 Å². The van der Waals surface area contributed by atoms with E-state index in [0.29, 0.717) is 5.58 Å². The molecular formula is C8H6NO2. The van der Waals surface area contributed by atoms with Gasteiger partial charge in [-0.1, -0.05) is 12.1 Å². The number of aromatic nitrogens is 1. The second-order valence-electron chi connectivity index (χ2n) is 2.22. The van der Waals surface area contributed by atoms with Crippen LogP contribution in [0.3, 0.4) is 0 Å². The molecule has 1 radical (unpaired) electrons. The molecule has 1 aromatic carbocycles. The lowest BCUT2D eigenvalue weighted by Gasteiger charge is -1.80. The minimum absolute atomic E-state index is 0.256. The Balaban J connectivity index is 2.69. The molecule has 0 fully saturated rings. The zero-order chi connectivity index (χ0) is 7.68. The molecule has 0 unspecified atom stereocenters. The topological polar surface area (TPSA) is 45.9 Å². The average Bonchev–Trinajstić information content (AvgIpc) is 2.46. The highest BCUT2D eigenvalue weighted by Gasteiger charge is 2.01. The van der Waals surface area contributed by atoms with Crippen LogP contribution in [0, 0.1) is 0 Å². The van der Waals surface area contributed by atoms with Gasteiger partial charge in [0, 0.05) is 0 Å². The van der Waals surface area contributed by atoms with Crippen molar-refractivity contribution >= 4 is 11.1 Å². The van der Waals surface area contributed by atoms with Gasteiger partial charge in [-0.15, -0.1) is 0 Å². The van der Waals surface area contributed by atoms with Crippen LogP contribution in [0.5, 0.6) is 0 Å². The van der Waals surface area contributed by atoms with Gasteiger partial charge in [0.2, 0.25) is 5.89 Å². The number of benzene rings is 1. The van der Waals surface area contributed by atoms with Gasteiger partial charge in [0.05, 0.1) is 0 Å². The van der Waals surface area contributed by atoms with Crippen molar-refractivity contribution in [1.82, 2.24) is 4.98 Å². The van der Waals surface area contributed by atoms with Gasteiger partial charge in [-0.2, -0.15) is 0 Å². The Morgan fingerprint density at radius 2 is 2.18 bits per heavy atom. The van der Waals surface area contributed by atoms with Crippen molar-refractivity contribution in [2.75, 3.05) is 0 Å². The third-order valence-electron chi connectivity index (χ3n) is 1.46. The summed E-state index contributed by atoms with van der Waals surface area (Å²) >= 11 is 0. The van der Waals surface area contributed by atoms with Crippen LogP contribution in [0.15, 0.2) is 28.7 Å². The molecule has 0 atom stereocenters. The van der Waals surface area contributed by atoms with Crippen LogP contribution in [-0.4, -0.2) is 4.98 Å². The second-order valence-corrected chi connectivity index (χ2v) is 2.22. The van der Waals surface area contributed by atoms with E-state index in [0.717, 1.165) is 5.52 Å². The zero-order valence-corrected chi connectivity index (χ0v) is 5.78. The highest BCUT2D eigenvalue weighted by molar-refractivity contribution is 5.71. The van der Waals surface area contributed by atoms with Crippen LogP contribution in [0.2, 0.25) is 0 Å². The number of oxazole rings is 1. The number of hydrogen-bond donors (Lipinski definition) is 0. The molecule has 0 bridgehead atoms.